The molecule has 9 heteroatoms. The number of rotatable bonds is 7. The van der Waals surface area contributed by atoms with E-state index in [2.05, 4.69) is 38.5 Å². The number of fused-ring (bicyclic) bond motifs is 1. The number of nitrogens with one attached hydrogen (secondary N) is 2. The molecule has 1 unspecified atom stereocenters. The van der Waals surface area contributed by atoms with Crippen LogP contribution < -0.4 is 10.6 Å². The number of allylic oxidation sites excluding steroid dienone is 1. The van der Waals surface area contributed by atoms with Crippen molar-refractivity contribution in [1.29, 1.82) is 0 Å². The van der Waals surface area contributed by atoms with Gasteiger partial charge in [-0.15, -0.1) is 5.10 Å². The smallest absolute Gasteiger partial charge is 0.256 e. The highest BCUT2D eigenvalue weighted by Gasteiger charge is 2.36. The molecule has 2 N–H and O–H groups in total. The molecule has 168 valence electrons. The minimum atomic E-state index is -0.532. The number of aryl methyl sites for hydroxylation is 1. The minimum Gasteiger partial charge on any atom is -0.452 e. The summed E-state index contributed by atoms with van der Waals surface area (Å²) in [6.45, 7) is 8.07. The molecule has 0 aliphatic carbocycles. The Kier molecular flexibility index (Phi) is 6.76. The van der Waals surface area contributed by atoms with E-state index in [9.17, 15) is 4.79 Å². The number of anilines is 2. The van der Waals surface area contributed by atoms with Gasteiger partial charge in [-0.3, -0.25) is 4.79 Å². The highest BCUT2D eigenvalue weighted by atomic mass is 79.9. The second-order valence-corrected chi connectivity index (χ2v) is 9.62. The zero-order valence-electron chi connectivity index (χ0n) is 18.5. The van der Waals surface area contributed by atoms with Crippen LogP contribution in [0.5, 0.6) is 0 Å². The first-order chi connectivity index (χ1) is 15.4. The summed E-state index contributed by atoms with van der Waals surface area (Å²) in [6, 6.07) is 9.02. The van der Waals surface area contributed by atoms with E-state index in [0.29, 0.717) is 27.1 Å². The van der Waals surface area contributed by atoms with Crippen LogP contribution in [0.2, 0.25) is 0 Å². The molecule has 1 aromatic carbocycles. The molecule has 0 spiro atoms. The Hall–Kier alpha value is -2.52. The van der Waals surface area contributed by atoms with Crippen molar-refractivity contribution in [2.45, 2.75) is 51.7 Å². The molecule has 0 fully saturated rings. The van der Waals surface area contributed by atoms with Gasteiger partial charge in [-0.05, 0) is 72.4 Å². The van der Waals surface area contributed by atoms with Crippen LogP contribution in [0.4, 0.5) is 11.6 Å². The number of thioether (sulfide) groups is 1. The number of carbonyl (C=O) groups excluding carboxylic acids is 1. The van der Waals surface area contributed by atoms with E-state index in [0.717, 1.165) is 41.1 Å². The van der Waals surface area contributed by atoms with Gasteiger partial charge in [0.15, 0.2) is 4.67 Å². The standard InChI is InChI=1S/C23H26BrN5O2S/c1-5-6-12-32-23-27-22-25-15(4)19(20(29(22)28-23)17-10-11-18(24)31-17)21(30)26-16-9-7-8-13(2)14(16)3/h7-11,20H,5-6,12H2,1-4H3,(H,26,30)(H,25,27,28). The minimum absolute atomic E-state index is 0.206. The largest absolute Gasteiger partial charge is 0.452 e. The molecule has 1 aliphatic rings. The van der Waals surface area contributed by atoms with Gasteiger partial charge in [-0.25, -0.2) is 4.68 Å². The summed E-state index contributed by atoms with van der Waals surface area (Å²) in [5.74, 6) is 1.95. The number of hydrogen-bond donors (Lipinski definition) is 2. The van der Waals surface area contributed by atoms with Gasteiger partial charge in [0.05, 0.1) is 5.57 Å². The molecular weight excluding hydrogens is 490 g/mol. The Bertz CT molecular complexity index is 1180. The van der Waals surface area contributed by atoms with E-state index in [1.807, 2.05) is 51.1 Å². The van der Waals surface area contributed by atoms with Crippen LogP contribution in [0, 0.1) is 13.8 Å². The van der Waals surface area contributed by atoms with Gasteiger partial charge in [0.1, 0.15) is 11.8 Å². The number of nitrogens with zero attached hydrogens (tertiary/aromatic N) is 3. The van der Waals surface area contributed by atoms with Crippen molar-refractivity contribution in [1.82, 2.24) is 14.8 Å². The van der Waals surface area contributed by atoms with Crippen LogP contribution in [0.3, 0.4) is 0 Å². The van der Waals surface area contributed by atoms with Crippen LogP contribution in [0.15, 0.2) is 55.8 Å². The van der Waals surface area contributed by atoms with E-state index in [1.54, 1.807) is 16.4 Å². The molecule has 1 amide bonds. The number of unbranched alkanes of at least 4 members (excludes halogenated alkanes) is 1. The van der Waals surface area contributed by atoms with Crippen LogP contribution in [-0.2, 0) is 4.79 Å². The Morgan fingerprint density at radius 3 is 2.81 bits per heavy atom. The van der Waals surface area contributed by atoms with E-state index in [1.165, 1.54) is 0 Å². The molecule has 1 aliphatic heterocycles. The first kappa shape index (κ1) is 22.7. The maximum atomic E-state index is 13.5. The molecule has 0 bridgehead atoms. The Morgan fingerprint density at radius 1 is 1.28 bits per heavy atom. The summed E-state index contributed by atoms with van der Waals surface area (Å²) < 4.78 is 8.22. The van der Waals surface area contributed by atoms with Crippen molar-refractivity contribution in [3.63, 3.8) is 0 Å². The van der Waals surface area contributed by atoms with Gasteiger partial charge in [0.2, 0.25) is 11.1 Å². The van der Waals surface area contributed by atoms with Crippen molar-refractivity contribution in [2.24, 2.45) is 0 Å². The van der Waals surface area contributed by atoms with Crippen LogP contribution in [-0.4, -0.2) is 26.4 Å². The fourth-order valence-electron chi connectivity index (χ4n) is 3.61. The van der Waals surface area contributed by atoms with Gasteiger partial charge >= 0.3 is 0 Å². The van der Waals surface area contributed by atoms with Crippen molar-refractivity contribution < 1.29 is 9.21 Å². The number of hydrogen-bond acceptors (Lipinski definition) is 6. The van der Waals surface area contributed by atoms with Gasteiger partial charge in [0, 0.05) is 17.1 Å². The number of carbonyl (C=O) groups is 1. The summed E-state index contributed by atoms with van der Waals surface area (Å²) in [5.41, 5.74) is 4.20. The van der Waals surface area contributed by atoms with E-state index >= 15 is 0 Å². The van der Waals surface area contributed by atoms with E-state index in [-0.39, 0.29) is 5.91 Å². The second-order valence-electron chi connectivity index (χ2n) is 7.77. The highest BCUT2D eigenvalue weighted by molar-refractivity contribution is 9.10. The monoisotopic (exact) mass is 515 g/mol. The molecule has 0 saturated carbocycles. The number of amides is 1. The SMILES string of the molecule is CCCCSc1nc2n(n1)C(c1ccc(Br)o1)C(C(=O)Nc1cccc(C)c1C)=C(C)N2. The number of benzene rings is 1. The molecule has 3 heterocycles. The lowest BCUT2D eigenvalue weighted by Crippen LogP contribution is -2.31. The van der Waals surface area contributed by atoms with Crippen molar-refractivity contribution in [3.8, 4) is 0 Å². The van der Waals surface area contributed by atoms with Crippen LogP contribution in [0.25, 0.3) is 0 Å². The molecule has 4 rings (SSSR count). The second kappa shape index (κ2) is 9.54. The van der Waals surface area contributed by atoms with Crippen molar-refractivity contribution in [2.75, 3.05) is 16.4 Å². The molecule has 32 heavy (non-hydrogen) atoms. The summed E-state index contributed by atoms with van der Waals surface area (Å²) in [5, 5.41) is 11.7. The maximum absolute atomic E-state index is 13.5. The zero-order valence-corrected chi connectivity index (χ0v) is 20.9. The lowest BCUT2D eigenvalue weighted by molar-refractivity contribution is -0.113. The predicted octanol–water partition coefficient (Wildman–Crippen LogP) is 6.07. The highest BCUT2D eigenvalue weighted by Crippen LogP contribution is 2.38. The normalized spacial score (nSPS) is 15.5. The fraction of sp³-hybridized carbons (Fsp3) is 0.348. The third kappa shape index (κ3) is 4.49. The number of halogens is 1. The predicted molar refractivity (Wildman–Crippen MR) is 131 cm³/mol. The van der Waals surface area contributed by atoms with Crippen molar-refractivity contribution >= 4 is 45.2 Å². The Labute approximate surface area is 200 Å². The molecule has 0 saturated heterocycles. The molecule has 1 atom stereocenters. The van der Waals surface area contributed by atoms with E-state index in [4.69, 9.17) is 9.52 Å². The number of furan rings is 1. The lowest BCUT2D eigenvalue weighted by Gasteiger charge is -2.27. The first-order valence-corrected chi connectivity index (χ1v) is 12.4. The summed E-state index contributed by atoms with van der Waals surface area (Å²) in [4.78, 5) is 18.2. The van der Waals surface area contributed by atoms with E-state index < -0.39 is 6.04 Å². The Balaban J connectivity index is 1.72. The topological polar surface area (TPSA) is 85.0 Å². The van der Waals surface area contributed by atoms with Gasteiger partial charge in [-0.2, -0.15) is 4.98 Å². The fourth-order valence-corrected chi connectivity index (χ4v) is 4.84. The summed E-state index contributed by atoms with van der Waals surface area (Å²) in [7, 11) is 0. The van der Waals surface area contributed by atoms with Gasteiger partial charge < -0.3 is 15.1 Å². The van der Waals surface area contributed by atoms with Gasteiger partial charge in [-0.1, -0.05) is 37.2 Å². The Morgan fingerprint density at radius 2 is 2.09 bits per heavy atom. The lowest BCUT2D eigenvalue weighted by atomic mass is 9.99. The molecule has 0 radical (unpaired) electrons. The zero-order chi connectivity index (χ0) is 22.8. The average molecular weight is 516 g/mol. The third-order valence-corrected chi connectivity index (χ3v) is 6.87. The molecule has 2 aromatic heterocycles. The third-order valence-electron chi connectivity index (χ3n) is 5.52. The van der Waals surface area contributed by atoms with Crippen LogP contribution in [0.1, 0.15) is 49.6 Å². The van der Waals surface area contributed by atoms with Crippen molar-refractivity contribution in [3.05, 3.63) is 63.2 Å². The molecule has 3 aromatic rings. The quantitative estimate of drug-likeness (QED) is 0.293. The summed E-state index contributed by atoms with van der Waals surface area (Å²) >= 11 is 5.00. The van der Waals surface area contributed by atoms with Gasteiger partial charge in [0.25, 0.3) is 5.91 Å². The molecule has 7 nitrogen and oxygen atoms in total. The maximum Gasteiger partial charge on any atom is 0.256 e. The summed E-state index contributed by atoms with van der Waals surface area (Å²) in [6.07, 6.45) is 2.21. The first-order valence-electron chi connectivity index (χ1n) is 10.6. The number of aromatic nitrogens is 3. The molecular formula is C23H26BrN5O2S. The average Bonchev–Trinajstić information content (AvgIpc) is 3.36. The van der Waals surface area contributed by atoms with Crippen LogP contribution >= 0.6 is 27.7 Å².